The van der Waals surface area contributed by atoms with Gasteiger partial charge < -0.3 is 5.32 Å². The fourth-order valence-corrected chi connectivity index (χ4v) is 3.74. The molecule has 1 aromatic carbocycles. The van der Waals surface area contributed by atoms with Crippen LogP contribution in [0.4, 0.5) is 0 Å². The first-order valence-corrected chi connectivity index (χ1v) is 9.67. The lowest BCUT2D eigenvalue weighted by atomic mass is 10.0. The van der Waals surface area contributed by atoms with E-state index in [1.54, 1.807) is 41.6 Å². The number of aromatic nitrogens is 3. The number of fused-ring (bicyclic) bond motifs is 1. The largest absolute Gasteiger partial charge is 0.349 e. The number of nitrogens with one attached hydrogen (secondary N) is 1. The minimum absolute atomic E-state index is 0.117. The summed E-state index contributed by atoms with van der Waals surface area (Å²) in [5.74, 6) is -0.126. The molecule has 3 aromatic rings. The number of carbonyl (C=O) groups excluding carboxylic acids is 1. The van der Waals surface area contributed by atoms with Crippen LogP contribution in [-0.2, 0) is 24.3 Å². The van der Waals surface area contributed by atoms with Crippen molar-refractivity contribution in [1.82, 2.24) is 20.1 Å². The van der Waals surface area contributed by atoms with Crippen molar-refractivity contribution < 1.29 is 4.79 Å². The zero-order chi connectivity index (χ0) is 20.9. The van der Waals surface area contributed by atoms with Gasteiger partial charge in [0.1, 0.15) is 6.67 Å². The lowest BCUT2D eigenvalue weighted by Crippen LogP contribution is -2.34. The smallest absolute Gasteiger partial charge is 0.244 e. The Kier molecular flexibility index (Phi) is 5.59. The summed E-state index contributed by atoms with van der Waals surface area (Å²) in [6.45, 7) is 2.21. The van der Waals surface area contributed by atoms with Gasteiger partial charge in [0.15, 0.2) is 0 Å². The predicted octanol–water partition coefficient (Wildman–Crippen LogP) is 3.82. The van der Waals surface area contributed by atoms with Crippen LogP contribution in [0.1, 0.15) is 22.3 Å². The van der Waals surface area contributed by atoms with Gasteiger partial charge in [-0.3, -0.25) is 14.5 Å². The standard InChI is InChI=1S/C22H21N7O/c1-15-2-3-16-9-20(10-18(16)8-15)27-22(30)5-4-17-11-24-7-6-21(17)19-12-26-29(13-19)14-25-28-23/h2-8,11-13,20H,9-10,14H2,1H3,(H,27,30)/b5-4+. The average molecular weight is 399 g/mol. The minimum Gasteiger partial charge on any atom is -0.349 e. The monoisotopic (exact) mass is 399 g/mol. The Morgan fingerprint density at radius 3 is 3.07 bits per heavy atom. The lowest BCUT2D eigenvalue weighted by Gasteiger charge is -2.10. The maximum Gasteiger partial charge on any atom is 0.244 e. The molecule has 0 aliphatic heterocycles. The summed E-state index contributed by atoms with van der Waals surface area (Å²) in [5, 5.41) is 10.8. The molecule has 0 radical (unpaired) electrons. The van der Waals surface area contributed by atoms with Crippen LogP contribution in [0.3, 0.4) is 0 Å². The number of amides is 1. The van der Waals surface area contributed by atoms with E-state index in [0.717, 1.165) is 29.5 Å². The van der Waals surface area contributed by atoms with Crippen molar-refractivity contribution in [3.8, 4) is 11.1 Å². The van der Waals surface area contributed by atoms with Gasteiger partial charge in [-0.25, -0.2) is 0 Å². The Balaban J connectivity index is 1.44. The molecule has 0 bridgehead atoms. The zero-order valence-corrected chi connectivity index (χ0v) is 16.6. The van der Waals surface area contributed by atoms with Gasteiger partial charge in [-0.1, -0.05) is 28.9 Å². The molecular weight excluding hydrogens is 378 g/mol. The molecule has 1 aliphatic rings. The summed E-state index contributed by atoms with van der Waals surface area (Å²) in [5.41, 5.74) is 14.9. The second-order valence-electron chi connectivity index (χ2n) is 7.32. The maximum atomic E-state index is 12.5. The summed E-state index contributed by atoms with van der Waals surface area (Å²) >= 11 is 0. The molecule has 150 valence electrons. The highest BCUT2D eigenvalue weighted by atomic mass is 16.1. The van der Waals surface area contributed by atoms with Gasteiger partial charge in [0.05, 0.1) is 6.20 Å². The third-order valence-electron chi connectivity index (χ3n) is 5.12. The van der Waals surface area contributed by atoms with Crippen LogP contribution >= 0.6 is 0 Å². The highest BCUT2D eigenvalue weighted by Crippen LogP contribution is 2.25. The van der Waals surface area contributed by atoms with Crippen molar-refractivity contribution >= 4 is 12.0 Å². The van der Waals surface area contributed by atoms with E-state index in [9.17, 15) is 4.79 Å². The van der Waals surface area contributed by atoms with Gasteiger partial charge in [-0.05, 0) is 54.1 Å². The first-order chi connectivity index (χ1) is 14.6. The van der Waals surface area contributed by atoms with Crippen LogP contribution in [0.15, 0.2) is 60.2 Å². The van der Waals surface area contributed by atoms with Crippen molar-refractivity contribution in [3.05, 3.63) is 87.8 Å². The van der Waals surface area contributed by atoms with Gasteiger partial charge >= 0.3 is 0 Å². The van der Waals surface area contributed by atoms with E-state index in [1.807, 2.05) is 6.07 Å². The Bertz CT molecular complexity index is 1160. The molecule has 8 nitrogen and oxygen atoms in total. The zero-order valence-electron chi connectivity index (χ0n) is 16.6. The fraction of sp³-hybridized carbons (Fsp3) is 0.227. The van der Waals surface area contributed by atoms with Gasteiger partial charge in [0.25, 0.3) is 0 Å². The molecule has 30 heavy (non-hydrogen) atoms. The van der Waals surface area contributed by atoms with Crippen LogP contribution in [0, 0.1) is 6.92 Å². The van der Waals surface area contributed by atoms with Gasteiger partial charge in [-0.15, -0.1) is 0 Å². The highest BCUT2D eigenvalue weighted by molar-refractivity contribution is 5.93. The third kappa shape index (κ3) is 4.39. The molecule has 1 atom stereocenters. The molecule has 1 aliphatic carbocycles. The van der Waals surface area contributed by atoms with E-state index in [2.05, 4.69) is 50.5 Å². The predicted molar refractivity (Wildman–Crippen MR) is 114 cm³/mol. The number of carbonyl (C=O) groups is 1. The number of nitrogens with zero attached hydrogens (tertiary/aromatic N) is 6. The summed E-state index contributed by atoms with van der Waals surface area (Å²) < 4.78 is 1.55. The minimum atomic E-state index is -0.126. The van der Waals surface area contributed by atoms with Crippen LogP contribution < -0.4 is 5.32 Å². The lowest BCUT2D eigenvalue weighted by molar-refractivity contribution is -0.117. The molecule has 1 amide bonds. The Morgan fingerprint density at radius 2 is 2.20 bits per heavy atom. The molecule has 1 unspecified atom stereocenters. The van der Waals surface area contributed by atoms with Gasteiger partial charge in [0.2, 0.25) is 5.91 Å². The van der Waals surface area contributed by atoms with Gasteiger partial charge in [0, 0.05) is 46.7 Å². The second-order valence-corrected chi connectivity index (χ2v) is 7.32. The van der Waals surface area contributed by atoms with Crippen LogP contribution in [0.5, 0.6) is 0 Å². The highest BCUT2D eigenvalue weighted by Gasteiger charge is 2.22. The summed E-state index contributed by atoms with van der Waals surface area (Å²) in [6.07, 6.45) is 11.9. The van der Waals surface area contributed by atoms with E-state index < -0.39 is 0 Å². The number of aryl methyl sites for hydroxylation is 1. The molecule has 8 heteroatoms. The van der Waals surface area contributed by atoms with E-state index in [-0.39, 0.29) is 18.6 Å². The summed E-state index contributed by atoms with van der Waals surface area (Å²) in [7, 11) is 0. The molecule has 4 rings (SSSR count). The van der Waals surface area contributed by atoms with E-state index >= 15 is 0 Å². The molecule has 2 heterocycles. The van der Waals surface area contributed by atoms with Crippen LogP contribution in [0.2, 0.25) is 0 Å². The topological polar surface area (TPSA) is 109 Å². The first kappa shape index (κ1) is 19.4. The number of hydrogen-bond acceptors (Lipinski definition) is 4. The maximum absolute atomic E-state index is 12.5. The van der Waals surface area contributed by atoms with E-state index in [0.29, 0.717) is 0 Å². The van der Waals surface area contributed by atoms with Crippen molar-refractivity contribution in [1.29, 1.82) is 0 Å². The molecule has 0 saturated heterocycles. The van der Waals surface area contributed by atoms with Crippen molar-refractivity contribution in [2.24, 2.45) is 5.11 Å². The number of azide groups is 1. The fourth-order valence-electron chi connectivity index (χ4n) is 3.74. The van der Waals surface area contributed by atoms with Crippen LogP contribution in [-0.4, -0.2) is 26.7 Å². The van der Waals surface area contributed by atoms with Gasteiger partial charge in [-0.2, -0.15) is 5.10 Å². The number of pyridine rings is 1. The second kappa shape index (κ2) is 8.63. The van der Waals surface area contributed by atoms with Crippen molar-refractivity contribution in [2.45, 2.75) is 32.5 Å². The van der Waals surface area contributed by atoms with Crippen molar-refractivity contribution in [3.63, 3.8) is 0 Å². The number of benzene rings is 1. The summed E-state index contributed by atoms with van der Waals surface area (Å²) in [4.78, 5) is 19.4. The number of rotatable bonds is 6. The number of hydrogen-bond donors (Lipinski definition) is 1. The molecule has 0 spiro atoms. The Labute approximate surface area is 173 Å². The average Bonchev–Trinajstić information content (AvgIpc) is 3.37. The van der Waals surface area contributed by atoms with E-state index in [4.69, 9.17) is 5.53 Å². The normalized spacial score (nSPS) is 15.0. The molecular formula is C22H21N7O. The molecule has 0 saturated carbocycles. The first-order valence-electron chi connectivity index (χ1n) is 9.67. The van der Waals surface area contributed by atoms with E-state index in [1.165, 1.54) is 16.7 Å². The third-order valence-corrected chi connectivity index (χ3v) is 5.12. The summed E-state index contributed by atoms with van der Waals surface area (Å²) in [6, 6.07) is 8.44. The molecule has 1 N–H and O–H groups in total. The molecule has 2 aromatic heterocycles. The SMILES string of the molecule is Cc1ccc2c(c1)CC(NC(=O)/C=C/c1cnccc1-c1cnn(CN=[N+]=[N-])c1)C2. The quantitative estimate of drug-likeness (QED) is 0.294. The van der Waals surface area contributed by atoms with Crippen molar-refractivity contribution in [2.75, 3.05) is 0 Å². The van der Waals surface area contributed by atoms with Crippen LogP contribution in [0.25, 0.3) is 27.6 Å². The Hall–Kier alpha value is -3.90. The Morgan fingerprint density at radius 1 is 1.33 bits per heavy atom. The molecule has 0 fully saturated rings.